The van der Waals surface area contributed by atoms with Crippen molar-refractivity contribution in [1.82, 2.24) is 0 Å². The van der Waals surface area contributed by atoms with Gasteiger partial charge in [0.2, 0.25) is 0 Å². The molecule has 0 nitrogen and oxygen atoms in total. The van der Waals surface area contributed by atoms with E-state index in [1.807, 2.05) is 0 Å². The van der Waals surface area contributed by atoms with E-state index in [4.69, 9.17) is 0 Å². The van der Waals surface area contributed by atoms with Gasteiger partial charge in [-0.25, -0.2) is 8.78 Å². The minimum atomic E-state index is -5.08. The fraction of sp³-hybridized carbons (Fsp3) is 0.111. The third kappa shape index (κ3) is 3.51. The van der Waals surface area contributed by atoms with Crippen molar-refractivity contribution in [3.05, 3.63) is 29.1 Å². The Kier molecular flexibility index (Phi) is 5.19. The van der Waals surface area contributed by atoms with Gasteiger partial charge < -0.3 is 12.9 Å². The van der Waals surface area contributed by atoms with Gasteiger partial charge in [-0.3, -0.25) is 0 Å². The Hall–Kier alpha value is 0.531. The van der Waals surface area contributed by atoms with Crippen molar-refractivity contribution < 1.29 is 73.1 Å². The first-order valence-corrected chi connectivity index (χ1v) is 5.21. The molecule has 2 aromatic rings. The Morgan fingerprint density at radius 3 is 2.24 bits per heavy atom. The quantitative estimate of drug-likeness (QED) is 0.569. The van der Waals surface area contributed by atoms with Crippen LogP contribution >= 0.6 is 11.3 Å². The second-order valence-corrected chi connectivity index (χ2v) is 4.44. The number of thiophene rings is 1. The summed E-state index contributed by atoms with van der Waals surface area (Å²) < 4.78 is 62.3. The van der Waals surface area contributed by atoms with Crippen LogP contribution in [0.4, 0.5) is 21.7 Å². The van der Waals surface area contributed by atoms with Crippen molar-refractivity contribution in [2.24, 2.45) is 0 Å². The molecule has 0 N–H and O–H groups in total. The van der Waals surface area contributed by atoms with Crippen molar-refractivity contribution in [2.45, 2.75) is 6.43 Å². The van der Waals surface area contributed by atoms with Gasteiger partial charge in [-0.05, 0) is 17.5 Å². The Morgan fingerprint density at radius 1 is 1.06 bits per heavy atom. The third-order valence-corrected chi connectivity index (χ3v) is 3.28. The summed E-state index contributed by atoms with van der Waals surface area (Å²) in [7, 11) is 0. The number of benzene rings is 1. The molecule has 0 radical (unpaired) electrons. The van der Waals surface area contributed by atoms with E-state index < -0.39 is 18.9 Å². The van der Waals surface area contributed by atoms with Crippen LogP contribution in [0.25, 0.3) is 10.1 Å². The fourth-order valence-corrected chi connectivity index (χ4v) is 2.29. The molecular formula is C9H5BF5KS. The van der Waals surface area contributed by atoms with Gasteiger partial charge >= 0.3 is 58.4 Å². The van der Waals surface area contributed by atoms with Crippen LogP contribution in [0, 0.1) is 0 Å². The van der Waals surface area contributed by atoms with E-state index >= 15 is 0 Å². The standard InChI is InChI=1S/C9H5BF5S.K/c11-9(12)8-4-5-3-6(10(13,14)15)1-2-7(5)16-8;/h1-4,9H;/q-1;+1. The molecule has 0 amide bonds. The molecule has 0 aliphatic carbocycles. The number of rotatable bonds is 2. The predicted octanol–water partition coefficient (Wildman–Crippen LogP) is 0.897. The molecule has 0 aliphatic heterocycles. The van der Waals surface area contributed by atoms with E-state index in [1.165, 1.54) is 6.07 Å². The molecular weight excluding hydrogens is 285 g/mol. The van der Waals surface area contributed by atoms with Gasteiger partial charge in [-0.15, -0.1) is 16.8 Å². The molecule has 0 unspecified atom stereocenters. The SMILES string of the molecule is FC(F)c1cc2cc([B-](F)(F)F)ccc2s1.[K+]. The summed E-state index contributed by atoms with van der Waals surface area (Å²) in [4.78, 5) is -0.207. The second-order valence-electron chi connectivity index (χ2n) is 3.32. The molecule has 0 saturated carbocycles. The topological polar surface area (TPSA) is 0 Å². The molecule has 1 aromatic carbocycles. The molecule has 0 bridgehead atoms. The van der Waals surface area contributed by atoms with Crippen molar-refractivity contribution in [2.75, 3.05) is 0 Å². The zero-order chi connectivity index (χ0) is 11.9. The summed E-state index contributed by atoms with van der Waals surface area (Å²) in [5.74, 6) is 0. The van der Waals surface area contributed by atoms with Gasteiger partial charge in [-0.1, -0.05) is 12.1 Å². The van der Waals surface area contributed by atoms with Crippen molar-refractivity contribution in [3.63, 3.8) is 0 Å². The van der Waals surface area contributed by atoms with E-state index in [9.17, 15) is 21.7 Å². The first-order valence-electron chi connectivity index (χ1n) is 4.39. The molecule has 0 atom stereocenters. The van der Waals surface area contributed by atoms with Gasteiger partial charge in [0, 0.05) is 4.70 Å². The van der Waals surface area contributed by atoms with Crippen LogP contribution in [-0.4, -0.2) is 6.98 Å². The largest absolute Gasteiger partial charge is 1.00 e. The summed E-state index contributed by atoms with van der Waals surface area (Å²) in [5, 5.41) is 0.219. The van der Waals surface area contributed by atoms with Crippen LogP contribution < -0.4 is 56.8 Å². The molecule has 8 heteroatoms. The Morgan fingerprint density at radius 2 is 1.71 bits per heavy atom. The van der Waals surface area contributed by atoms with E-state index in [2.05, 4.69) is 0 Å². The summed E-state index contributed by atoms with van der Waals surface area (Å²) in [6, 6.07) is 4.18. The number of hydrogen-bond donors (Lipinski definition) is 0. The van der Waals surface area contributed by atoms with Crippen molar-refractivity contribution >= 4 is 33.9 Å². The van der Waals surface area contributed by atoms with E-state index in [0.29, 0.717) is 4.70 Å². The van der Waals surface area contributed by atoms with Gasteiger partial charge in [0.25, 0.3) is 6.43 Å². The van der Waals surface area contributed by atoms with Crippen LogP contribution in [0.15, 0.2) is 24.3 Å². The molecule has 86 valence electrons. The predicted molar refractivity (Wildman–Crippen MR) is 55.5 cm³/mol. The first kappa shape index (κ1) is 15.6. The van der Waals surface area contributed by atoms with Crippen LogP contribution in [0.1, 0.15) is 11.3 Å². The first-order chi connectivity index (χ1) is 7.38. The van der Waals surface area contributed by atoms with Crippen LogP contribution in [-0.2, 0) is 0 Å². The van der Waals surface area contributed by atoms with Gasteiger partial charge in [0.15, 0.2) is 0 Å². The minimum Gasteiger partial charge on any atom is -0.445 e. The smallest absolute Gasteiger partial charge is 0.445 e. The second kappa shape index (κ2) is 5.67. The monoisotopic (exact) mass is 290 g/mol. The molecule has 0 spiro atoms. The molecule has 2 rings (SSSR count). The van der Waals surface area contributed by atoms with Crippen LogP contribution in [0.2, 0.25) is 0 Å². The van der Waals surface area contributed by atoms with E-state index in [-0.39, 0.29) is 61.6 Å². The van der Waals surface area contributed by atoms with Crippen LogP contribution in [0.3, 0.4) is 0 Å². The molecule has 17 heavy (non-hydrogen) atoms. The number of halogens is 5. The Labute approximate surface area is 141 Å². The Bertz CT molecular complexity index is 522. The average molecular weight is 290 g/mol. The summed E-state index contributed by atoms with van der Waals surface area (Å²) >= 11 is 0.814. The summed E-state index contributed by atoms with van der Waals surface area (Å²) in [5.41, 5.74) is -0.758. The molecule has 0 fully saturated rings. The number of fused-ring (bicyclic) bond motifs is 1. The van der Waals surface area contributed by atoms with Crippen molar-refractivity contribution in [3.8, 4) is 0 Å². The van der Waals surface area contributed by atoms with Gasteiger partial charge in [0.1, 0.15) is 0 Å². The van der Waals surface area contributed by atoms with Gasteiger partial charge in [0.05, 0.1) is 4.88 Å². The molecule has 0 saturated heterocycles. The minimum absolute atomic E-state index is 0. The zero-order valence-electron chi connectivity index (χ0n) is 8.76. The maximum absolute atomic E-state index is 12.4. The van der Waals surface area contributed by atoms with E-state index in [0.717, 1.165) is 29.5 Å². The Balaban J connectivity index is 0.00000144. The zero-order valence-corrected chi connectivity index (χ0v) is 12.7. The number of hydrogen-bond acceptors (Lipinski definition) is 1. The van der Waals surface area contributed by atoms with Crippen LogP contribution in [0.5, 0.6) is 0 Å². The third-order valence-electron chi connectivity index (χ3n) is 2.15. The fourth-order valence-electron chi connectivity index (χ4n) is 1.39. The summed E-state index contributed by atoms with van der Waals surface area (Å²) in [6.07, 6.45) is -2.64. The molecule has 1 aromatic heterocycles. The maximum Gasteiger partial charge on any atom is 1.00 e. The normalized spacial score (nSPS) is 11.9. The number of alkyl halides is 2. The molecule has 1 heterocycles. The molecule has 0 aliphatic rings. The maximum atomic E-state index is 12.4. The van der Waals surface area contributed by atoms with Crippen molar-refractivity contribution in [1.29, 1.82) is 0 Å². The summed E-state index contributed by atoms with van der Waals surface area (Å²) in [6.45, 7) is -5.08. The average Bonchev–Trinajstić information content (AvgIpc) is 2.58. The van der Waals surface area contributed by atoms with E-state index in [1.54, 1.807) is 0 Å². The van der Waals surface area contributed by atoms with Gasteiger partial charge in [-0.2, -0.15) is 0 Å².